The van der Waals surface area contributed by atoms with E-state index >= 15 is 0 Å². The number of amides is 1. The monoisotopic (exact) mass is 212 g/mol. The Morgan fingerprint density at radius 2 is 2.43 bits per heavy atom. The Labute approximate surface area is 88.6 Å². The summed E-state index contributed by atoms with van der Waals surface area (Å²) in [4.78, 5) is 16.5. The van der Waals surface area contributed by atoms with Gasteiger partial charge in [-0.3, -0.25) is 9.78 Å². The summed E-state index contributed by atoms with van der Waals surface area (Å²) in [6.07, 6.45) is 3.34. The number of aromatic nitrogens is 1. The van der Waals surface area contributed by atoms with Crippen LogP contribution in [0.1, 0.15) is 25.1 Å². The topological polar surface area (TPSA) is 42.0 Å². The zero-order valence-electron chi connectivity index (χ0n) is 8.62. The van der Waals surface area contributed by atoms with Crippen LogP contribution in [0.5, 0.6) is 0 Å². The van der Waals surface area contributed by atoms with Crippen LogP contribution in [0.4, 0.5) is 0 Å². The Hall–Kier alpha value is -0.900. The van der Waals surface area contributed by atoms with Crippen LogP contribution in [0.2, 0.25) is 0 Å². The van der Waals surface area contributed by atoms with Gasteiger partial charge < -0.3 is 5.32 Å². The van der Waals surface area contributed by atoms with E-state index in [2.05, 4.69) is 10.3 Å². The summed E-state index contributed by atoms with van der Waals surface area (Å²) in [5.41, 5.74) is 1.81. The maximum Gasteiger partial charge on any atom is 0.220 e. The van der Waals surface area contributed by atoms with E-state index in [9.17, 15) is 4.79 Å². The van der Waals surface area contributed by atoms with Gasteiger partial charge in [0, 0.05) is 30.5 Å². The van der Waals surface area contributed by atoms with E-state index < -0.39 is 0 Å². The maximum atomic E-state index is 11.3. The molecule has 0 aliphatic rings. The van der Waals surface area contributed by atoms with Crippen molar-refractivity contribution in [1.82, 2.24) is 10.3 Å². The third-order valence-electron chi connectivity index (χ3n) is 1.77. The number of carbonyl (C=O) groups excluding carboxylic acids is 1. The van der Waals surface area contributed by atoms with Gasteiger partial charge >= 0.3 is 0 Å². The second-order valence-corrected chi connectivity index (χ2v) is 4.64. The van der Waals surface area contributed by atoms with Crippen molar-refractivity contribution >= 4 is 17.2 Å². The standard InChI is InChI=1S/C10H16N2OS/c1-8(2)5-10(13)12-4-3-9-6-11-7-14-9/h6-8H,3-5H2,1-2H3,(H,12,13). The lowest BCUT2D eigenvalue weighted by Gasteiger charge is -2.05. The third-order valence-corrected chi connectivity index (χ3v) is 2.61. The van der Waals surface area contributed by atoms with Crippen LogP contribution in [-0.4, -0.2) is 17.4 Å². The van der Waals surface area contributed by atoms with Crippen molar-refractivity contribution in [2.75, 3.05) is 6.54 Å². The highest BCUT2D eigenvalue weighted by molar-refractivity contribution is 7.09. The molecule has 0 saturated carbocycles. The largest absolute Gasteiger partial charge is 0.356 e. The fourth-order valence-corrected chi connectivity index (χ4v) is 1.73. The molecule has 0 unspecified atom stereocenters. The first kappa shape index (κ1) is 11.2. The number of carbonyl (C=O) groups is 1. The lowest BCUT2D eigenvalue weighted by molar-refractivity contribution is -0.121. The second-order valence-electron chi connectivity index (χ2n) is 3.67. The zero-order chi connectivity index (χ0) is 10.4. The van der Waals surface area contributed by atoms with Gasteiger partial charge in [0.05, 0.1) is 5.51 Å². The van der Waals surface area contributed by atoms with E-state index in [-0.39, 0.29) is 5.91 Å². The summed E-state index contributed by atoms with van der Waals surface area (Å²) in [6, 6.07) is 0. The van der Waals surface area contributed by atoms with Crippen molar-refractivity contribution in [2.24, 2.45) is 5.92 Å². The highest BCUT2D eigenvalue weighted by Crippen LogP contribution is 2.05. The van der Waals surface area contributed by atoms with E-state index in [0.29, 0.717) is 18.9 Å². The number of nitrogens with one attached hydrogen (secondary N) is 1. The van der Waals surface area contributed by atoms with Gasteiger partial charge in [-0.2, -0.15) is 0 Å². The van der Waals surface area contributed by atoms with E-state index in [0.717, 1.165) is 6.42 Å². The molecule has 0 saturated heterocycles. The van der Waals surface area contributed by atoms with Crippen molar-refractivity contribution < 1.29 is 4.79 Å². The van der Waals surface area contributed by atoms with Crippen molar-refractivity contribution in [3.63, 3.8) is 0 Å². The summed E-state index contributed by atoms with van der Waals surface area (Å²) < 4.78 is 0. The van der Waals surface area contributed by atoms with Crippen LogP contribution < -0.4 is 5.32 Å². The molecule has 0 spiro atoms. The maximum absolute atomic E-state index is 11.3. The second kappa shape index (κ2) is 5.75. The zero-order valence-corrected chi connectivity index (χ0v) is 9.43. The van der Waals surface area contributed by atoms with Gasteiger partial charge in [-0.05, 0) is 5.92 Å². The van der Waals surface area contributed by atoms with Crippen molar-refractivity contribution in [2.45, 2.75) is 26.7 Å². The SMILES string of the molecule is CC(C)CC(=O)NCCc1cncs1. The predicted molar refractivity (Wildman–Crippen MR) is 58.3 cm³/mol. The molecule has 1 heterocycles. The summed E-state index contributed by atoms with van der Waals surface area (Å²) >= 11 is 1.63. The van der Waals surface area contributed by atoms with E-state index in [1.54, 1.807) is 11.3 Å². The molecule has 14 heavy (non-hydrogen) atoms. The summed E-state index contributed by atoms with van der Waals surface area (Å²) in [5, 5.41) is 2.89. The van der Waals surface area contributed by atoms with E-state index in [1.807, 2.05) is 25.6 Å². The lowest BCUT2D eigenvalue weighted by atomic mass is 10.1. The smallest absolute Gasteiger partial charge is 0.220 e. The number of nitrogens with zero attached hydrogens (tertiary/aromatic N) is 1. The van der Waals surface area contributed by atoms with Crippen molar-refractivity contribution in [3.05, 3.63) is 16.6 Å². The normalized spacial score (nSPS) is 10.5. The Bertz CT molecular complexity index is 270. The average molecular weight is 212 g/mol. The first-order valence-corrected chi connectivity index (χ1v) is 5.70. The first-order chi connectivity index (χ1) is 6.68. The van der Waals surface area contributed by atoms with E-state index in [4.69, 9.17) is 0 Å². The molecule has 0 bridgehead atoms. The van der Waals surface area contributed by atoms with Gasteiger partial charge in [-0.15, -0.1) is 11.3 Å². The number of thiazole rings is 1. The third kappa shape index (κ3) is 4.37. The minimum Gasteiger partial charge on any atom is -0.356 e. The summed E-state index contributed by atoms with van der Waals surface area (Å²) in [6.45, 7) is 4.80. The Morgan fingerprint density at radius 3 is 3.00 bits per heavy atom. The molecule has 4 heteroatoms. The quantitative estimate of drug-likeness (QED) is 0.809. The predicted octanol–water partition coefficient (Wildman–Crippen LogP) is 1.85. The minimum absolute atomic E-state index is 0.143. The van der Waals surface area contributed by atoms with Crippen LogP contribution >= 0.6 is 11.3 Å². The molecule has 0 aliphatic carbocycles. The molecule has 1 N–H and O–H groups in total. The molecule has 3 nitrogen and oxygen atoms in total. The molecule has 0 atom stereocenters. The van der Waals surface area contributed by atoms with Gasteiger partial charge in [0.2, 0.25) is 5.91 Å². The van der Waals surface area contributed by atoms with Crippen LogP contribution in [0.3, 0.4) is 0 Å². The van der Waals surface area contributed by atoms with Gasteiger partial charge in [-0.1, -0.05) is 13.8 Å². The van der Waals surface area contributed by atoms with Gasteiger partial charge in [0.1, 0.15) is 0 Å². The van der Waals surface area contributed by atoms with Crippen molar-refractivity contribution in [1.29, 1.82) is 0 Å². The van der Waals surface area contributed by atoms with Crippen molar-refractivity contribution in [3.8, 4) is 0 Å². The summed E-state index contributed by atoms with van der Waals surface area (Å²) in [7, 11) is 0. The molecule has 0 fully saturated rings. The number of hydrogen-bond donors (Lipinski definition) is 1. The molecule has 1 aromatic heterocycles. The Morgan fingerprint density at radius 1 is 1.64 bits per heavy atom. The van der Waals surface area contributed by atoms with Crippen LogP contribution in [0, 0.1) is 5.92 Å². The van der Waals surface area contributed by atoms with Crippen LogP contribution in [-0.2, 0) is 11.2 Å². The van der Waals surface area contributed by atoms with Gasteiger partial charge in [0.15, 0.2) is 0 Å². The molecular formula is C10H16N2OS. The highest BCUT2D eigenvalue weighted by Gasteiger charge is 2.03. The summed E-state index contributed by atoms with van der Waals surface area (Å²) in [5.74, 6) is 0.572. The fraction of sp³-hybridized carbons (Fsp3) is 0.600. The highest BCUT2D eigenvalue weighted by atomic mass is 32.1. The average Bonchev–Trinajstić information content (AvgIpc) is 2.55. The molecule has 1 aromatic rings. The number of rotatable bonds is 5. The molecule has 0 aromatic carbocycles. The first-order valence-electron chi connectivity index (χ1n) is 4.82. The molecule has 78 valence electrons. The molecule has 1 amide bonds. The Balaban J connectivity index is 2.12. The van der Waals surface area contributed by atoms with Gasteiger partial charge in [-0.25, -0.2) is 0 Å². The lowest BCUT2D eigenvalue weighted by Crippen LogP contribution is -2.26. The molecule has 0 radical (unpaired) electrons. The fourth-order valence-electron chi connectivity index (χ4n) is 1.13. The molecule has 1 rings (SSSR count). The minimum atomic E-state index is 0.143. The molecule has 0 aliphatic heterocycles. The van der Waals surface area contributed by atoms with Crippen LogP contribution in [0.15, 0.2) is 11.7 Å². The molecular weight excluding hydrogens is 196 g/mol. The number of hydrogen-bond acceptors (Lipinski definition) is 3. The van der Waals surface area contributed by atoms with Gasteiger partial charge in [0.25, 0.3) is 0 Å². The van der Waals surface area contributed by atoms with E-state index in [1.165, 1.54) is 4.88 Å². The Kier molecular flexibility index (Phi) is 4.59. The van der Waals surface area contributed by atoms with Crippen LogP contribution in [0.25, 0.3) is 0 Å².